The highest BCUT2D eigenvalue weighted by Gasteiger charge is 2.26. The fourth-order valence-electron chi connectivity index (χ4n) is 1.61. The van der Waals surface area contributed by atoms with Crippen LogP contribution in [0.25, 0.3) is 0 Å². The van der Waals surface area contributed by atoms with Crippen molar-refractivity contribution in [1.82, 2.24) is 0 Å². The number of rotatable bonds is 1. The summed E-state index contributed by atoms with van der Waals surface area (Å²) in [5, 5.41) is 8.74. The number of benzene rings is 1. The lowest BCUT2D eigenvalue weighted by Crippen LogP contribution is -2.19. The summed E-state index contributed by atoms with van der Waals surface area (Å²) >= 11 is 0. The molecule has 14 heavy (non-hydrogen) atoms. The lowest BCUT2D eigenvalue weighted by molar-refractivity contribution is -0.116. The van der Waals surface area contributed by atoms with Gasteiger partial charge in [0.1, 0.15) is 0 Å². The van der Waals surface area contributed by atoms with Crippen LogP contribution >= 0.6 is 0 Å². The Morgan fingerprint density at radius 1 is 1.57 bits per heavy atom. The van der Waals surface area contributed by atoms with Gasteiger partial charge < -0.3 is 5.73 Å². The third kappa shape index (κ3) is 1.15. The van der Waals surface area contributed by atoms with Crippen molar-refractivity contribution in [3.63, 3.8) is 0 Å². The number of carbonyl (C=O) groups excluding carboxylic acids is 1. The van der Waals surface area contributed by atoms with Gasteiger partial charge in [-0.1, -0.05) is 12.1 Å². The van der Waals surface area contributed by atoms with Crippen molar-refractivity contribution in [2.24, 2.45) is 5.73 Å². The van der Waals surface area contributed by atoms with Crippen molar-refractivity contribution >= 4 is 11.6 Å². The number of hydrogen-bond donors (Lipinski definition) is 1. The lowest BCUT2D eigenvalue weighted by atomic mass is 10.1. The van der Waals surface area contributed by atoms with Gasteiger partial charge in [-0.2, -0.15) is 5.26 Å². The fourth-order valence-corrected chi connectivity index (χ4v) is 1.61. The van der Waals surface area contributed by atoms with E-state index in [4.69, 9.17) is 11.0 Å². The molecule has 0 aromatic heterocycles. The van der Waals surface area contributed by atoms with Gasteiger partial charge in [0, 0.05) is 6.54 Å². The molecule has 1 aliphatic rings. The average Bonchev–Trinajstić information content (AvgIpc) is 2.51. The predicted octanol–water partition coefficient (Wildman–Crippen LogP) is 0.515. The normalized spacial score (nSPS) is 14.0. The van der Waals surface area contributed by atoms with Crippen molar-refractivity contribution in [3.05, 3.63) is 29.3 Å². The highest BCUT2D eigenvalue weighted by molar-refractivity contribution is 6.03. The number of nitriles is 1. The van der Waals surface area contributed by atoms with Crippen molar-refractivity contribution in [2.45, 2.75) is 13.0 Å². The van der Waals surface area contributed by atoms with Gasteiger partial charge in [0.05, 0.1) is 12.1 Å². The van der Waals surface area contributed by atoms with Crippen LogP contribution in [0.5, 0.6) is 0 Å². The molecule has 0 radical (unpaired) electrons. The quantitative estimate of drug-likeness (QED) is 0.651. The maximum Gasteiger partial charge on any atom is 0.244 e. The summed E-state index contributed by atoms with van der Waals surface area (Å²) < 4.78 is 0. The molecule has 1 heterocycles. The maximum atomic E-state index is 11.3. The minimum atomic E-state index is -0.170. The van der Waals surface area contributed by atoms with E-state index in [0.717, 1.165) is 16.0 Å². The molecule has 4 nitrogen and oxygen atoms in total. The topological polar surface area (TPSA) is 70.1 Å². The van der Waals surface area contributed by atoms with E-state index in [2.05, 4.69) is 0 Å². The Bertz CT molecular complexity index is 433. The van der Waals surface area contributed by atoms with E-state index in [9.17, 15) is 4.79 Å². The summed E-state index contributed by atoms with van der Waals surface area (Å²) in [5.41, 5.74) is 8.04. The van der Waals surface area contributed by atoms with E-state index in [1.807, 2.05) is 18.3 Å². The van der Waals surface area contributed by atoms with Gasteiger partial charge in [0.15, 0.2) is 6.19 Å². The maximum absolute atomic E-state index is 11.3. The molecule has 0 atom stereocenters. The van der Waals surface area contributed by atoms with Crippen molar-refractivity contribution in [3.8, 4) is 6.19 Å². The predicted molar refractivity (Wildman–Crippen MR) is 51.1 cm³/mol. The summed E-state index contributed by atoms with van der Waals surface area (Å²) in [4.78, 5) is 12.5. The summed E-state index contributed by atoms with van der Waals surface area (Å²) in [5.74, 6) is -0.170. The fraction of sp³-hybridized carbons (Fsp3) is 0.200. The zero-order valence-corrected chi connectivity index (χ0v) is 7.53. The van der Waals surface area contributed by atoms with Crippen LogP contribution in [0, 0.1) is 11.5 Å². The molecule has 70 valence electrons. The molecule has 1 amide bonds. The third-order valence-corrected chi connectivity index (χ3v) is 2.31. The van der Waals surface area contributed by atoms with Crippen LogP contribution in [0.4, 0.5) is 5.69 Å². The molecule has 1 aromatic carbocycles. The van der Waals surface area contributed by atoms with Crippen molar-refractivity contribution in [2.75, 3.05) is 4.90 Å². The summed E-state index contributed by atoms with van der Waals surface area (Å²) in [6.45, 7) is 0.452. The third-order valence-electron chi connectivity index (χ3n) is 2.31. The standard InChI is InChI=1S/C10H9N3O/c11-5-7-1-2-9-8(3-7)4-10(14)13(9)6-12/h1-3H,4-5,11H2. The van der Waals surface area contributed by atoms with E-state index in [0.29, 0.717) is 18.7 Å². The van der Waals surface area contributed by atoms with Crippen molar-refractivity contribution in [1.29, 1.82) is 5.26 Å². The van der Waals surface area contributed by atoms with Gasteiger partial charge in [-0.15, -0.1) is 0 Å². The summed E-state index contributed by atoms with van der Waals surface area (Å²) in [6, 6.07) is 5.48. The molecule has 0 bridgehead atoms. The average molecular weight is 187 g/mol. The molecule has 1 aromatic rings. The van der Waals surface area contributed by atoms with Crippen LogP contribution in [-0.4, -0.2) is 5.91 Å². The van der Waals surface area contributed by atoms with Crippen LogP contribution in [0.15, 0.2) is 18.2 Å². The van der Waals surface area contributed by atoms with Gasteiger partial charge in [0.25, 0.3) is 0 Å². The number of carbonyl (C=O) groups is 1. The van der Waals surface area contributed by atoms with Crippen LogP contribution in [0.2, 0.25) is 0 Å². The molecule has 0 unspecified atom stereocenters. The molecule has 2 rings (SSSR count). The molecule has 0 aliphatic carbocycles. The Kier molecular flexibility index (Phi) is 1.95. The van der Waals surface area contributed by atoms with E-state index < -0.39 is 0 Å². The number of anilines is 1. The molecule has 4 heteroatoms. The first-order valence-corrected chi connectivity index (χ1v) is 4.31. The van der Waals surface area contributed by atoms with E-state index in [1.165, 1.54) is 0 Å². The first kappa shape index (κ1) is 8.73. The van der Waals surface area contributed by atoms with Crippen LogP contribution in [0.1, 0.15) is 11.1 Å². The Balaban J connectivity index is 2.49. The highest BCUT2D eigenvalue weighted by atomic mass is 16.2. The molecular formula is C10H9N3O. The molecular weight excluding hydrogens is 178 g/mol. The zero-order valence-electron chi connectivity index (χ0n) is 7.53. The minimum absolute atomic E-state index is 0.170. The summed E-state index contributed by atoms with van der Waals surface area (Å²) in [6.07, 6.45) is 2.16. The number of hydrogen-bond acceptors (Lipinski definition) is 3. The molecule has 0 saturated carbocycles. The first-order valence-electron chi connectivity index (χ1n) is 4.31. The second-order valence-electron chi connectivity index (χ2n) is 3.17. The molecule has 0 fully saturated rings. The smallest absolute Gasteiger partial charge is 0.244 e. The van der Waals surface area contributed by atoms with Crippen molar-refractivity contribution < 1.29 is 4.79 Å². The van der Waals surface area contributed by atoms with Gasteiger partial charge in [-0.3, -0.25) is 4.79 Å². The Labute approximate surface area is 81.5 Å². The lowest BCUT2D eigenvalue weighted by Gasteiger charge is -2.06. The minimum Gasteiger partial charge on any atom is -0.326 e. The second-order valence-corrected chi connectivity index (χ2v) is 3.17. The Morgan fingerprint density at radius 2 is 2.36 bits per heavy atom. The molecule has 0 saturated heterocycles. The van der Waals surface area contributed by atoms with E-state index >= 15 is 0 Å². The van der Waals surface area contributed by atoms with Crippen LogP contribution < -0.4 is 10.6 Å². The van der Waals surface area contributed by atoms with Gasteiger partial charge in [-0.25, -0.2) is 4.90 Å². The number of nitrogens with zero attached hydrogens (tertiary/aromatic N) is 2. The SMILES string of the molecule is N#CN1C(=O)Cc2cc(CN)ccc21. The molecule has 0 spiro atoms. The Morgan fingerprint density at radius 3 is 3.00 bits per heavy atom. The monoisotopic (exact) mass is 187 g/mol. The van der Waals surface area contributed by atoms with E-state index in [-0.39, 0.29) is 5.91 Å². The van der Waals surface area contributed by atoms with Crippen LogP contribution in [0.3, 0.4) is 0 Å². The van der Waals surface area contributed by atoms with Crippen LogP contribution in [-0.2, 0) is 17.8 Å². The summed E-state index contributed by atoms with van der Waals surface area (Å²) in [7, 11) is 0. The highest BCUT2D eigenvalue weighted by Crippen LogP contribution is 2.28. The Hall–Kier alpha value is -1.86. The zero-order chi connectivity index (χ0) is 10.1. The molecule has 2 N–H and O–H groups in total. The number of nitrogens with two attached hydrogens (primary N) is 1. The van der Waals surface area contributed by atoms with Gasteiger partial charge in [0.2, 0.25) is 5.91 Å². The second kappa shape index (κ2) is 3.13. The van der Waals surface area contributed by atoms with Gasteiger partial charge >= 0.3 is 0 Å². The number of amides is 1. The van der Waals surface area contributed by atoms with E-state index in [1.54, 1.807) is 6.07 Å². The largest absolute Gasteiger partial charge is 0.326 e. The first-order chi connectivity index (χ1) is 6.76. The number of fused-ring (bicyclic) bond motifs is 1. The molecule has 1 aliphatic heterocycles. The van der Waals surface area contributed by atoms with Gasteiger partial charge in [-0.05, 0) is 17.2 Å².